The highest BCUT2D eigenvalue weighted by Gasteiger charge is 2.37. The second kappa shape index (κ2) is 2.81. The van der Waals surface area contributed by atoms with Gasteiger partial charge in [0.15, 0.2) is 0 Å². The summed E-state index contributed by atoms with van der Waals surface area (Å²) in [5.74, 6) is -0.821. The molecule has 0 aliphatic carbocycles. The summed E-state index contributed by atoms with van der Waals surface area (Å²) in [7, 11) is 0. The zero-order valence-electron chi connectivity index (χ0n) is 7.22. The number of hydrogen-bond donors (Lipinski definition) is 0. The van der Waals surface area contributed by atoms with E-state index in [1.807, 2.05) is 13.8 Å². The van der Waals surface area contributed by atoms with Crippen LogP contribution in [0, 0.1) is 0 Å². The highest BCUT2D eigenvalue weighted by Crippen LogP contribution is 2.28. The molecule has 1 heterocycles. The summed E-state index contributed by atoms with van der Waals surface area (Å²) in [6.45, 7) is 5.66. The van der Waals surface area contributed by atoms with Crippen LogP contribution < -0.4 is 0 Å². The Morgan fingerprint density at radius 1 is 1.64 bits per heavy atom. The van der Waals surface area contributed by atoms with Gasteiger partial charge in [-0.2, -0.15) is 0 Å². The minimum atomic E-state index is -0.661. The van der Waals surface area contributed by atoms with E-state index in [1.165, 1.54) is 0 Å². The van der Waals surface area contributed by atoms with Crippen LogP contribution in [0.5, 0.6) is 0 Å². The van der Waals surface area contributed by atoms with E-state index in [-0.39, 0.29) is 12.1 Å². The van der Waals surface area contributed by atoms with Crippen molar-refractivity contribution in [3.8, 4) is 0 Å². The molecule has 1 fully saturated rings. The first-order valence-corrected chi connectivity index (χ1v) is 3.91. The van der Waals surface area contributed by atoms with Gasteiger partial charge >= 0.3 is 5.97 Å². The Kier molecular flexibility index (Phi) is 2.18. The van der Waals surface area contributed by atoms with E-state index in [0.717, 1.165) is 0 Å². The van der Waals surface area contributed by atoms with Crippen molar-refractivity contribution in [3.05, 3.63) is 0 Å². The fourth-order valence-electron chi connectivity index (χ4n) is 1.25. The van der Waals surface area contributed by atoms with Crippen molar-refractivity contribution in [1.29, 1.82) is 0 Å². The predicted octanol–water partition coefficient (Wildman–Crippen LogP) is 1.46. The third kappa shape index (κ3) is 2.19. The number of cyclic esters (lactones) is 1. The van der Waals surface area contributed by atoms with Crippen molar-refractivity contribution < 1.29 is 14.3 Å². The van der Waals surface area contributed by atoms with Crippen molar-refractivity contribution in [2.45, 2.75) is 45.5 Å². The summed E-state index contributed by atoms with van der Waals surface area (Å²) in [5, 5.41) is 0. The summed E-state index contributed by atoms with van der Waals surface area (Å²) in [4.78, 5) is 10.7. The van der Waals surface area contributed by atoms with Crippen LogP contribution in [-0.4, -0.2) is 17.9 Å². The Hall–Kier alpha value is -0.570. The maximum Gasteiger partial charge on any atom is 0.308 e. The van der Waals surface area contributed by atoms with Crippen molar-refractivity contribution >= 4 is 5.97 Å². The van der Waals surface area contributed by atoms with E-state index in [1.54, 1.807) is 6.92 Å². The smallest absolute Gasteiger partial charge is 0.308 e. The maximum absolute atomic E-state index is 10.7. The molecule has 1 aliphatic rings. The molecule has 3 heteroatoms. The molecule has 0 radical (unpaired) electrons. The van der Waals surface area contributed by atoms with Crippen LogP contribution in [0.15, 0.2) is 0 Å². The summed E-state index contributed by atoms with van der Waals surface area (Å²) < 4.78 is 10.4. The Balaban J connectivity index is 2.48. The lowest BCUT2D eigenvalue weighted by Crippen LogP contribution is -2.30. The summed E-state index contributed by atoms with van der Waals surface area (Å²) in [5.41, 5.74) is 0. The van der Waals surface area contributed by atoms with Gasteiger partial charge in [-0.05, 0) is 13.8 Å². The van der Waals surface area contributed by atoms with Crippen LogP contribution in [-0.2, 0) is 14.3 Å². The second-order valence-electron chi connectivity index (χ2n) is 3.27. The number of rotatable bonds is 2. The van der Waals surface area contributed by atoms with Gasteiger partial charge in [0.1, 0.15) is 0 Å². The van der Waals surface area contributed by atoms with Crippen molar-refractivity contribution in [2.75, 3.05) is 0 Å². The molecule has 64 valence electrons. The molecule has 0 aromatic rings. The van der Waals surface area contributed by atoms with E-state index in [0.29, 0.717) is 12.8 Å². The largest absolute Gasteiger partial charge is 0.433 e. The van der Waals surface area contributed by atoms with Gasteiger partial charge in [-0.1, -0.05) is 0 Å². The fraction of sp³-hybridized carbons (Fsp3) is 0.875. The van der Waals surface area contributed by atoms with Gasteiger partial charge in [-0.15, -0.1) is 0 Å². The van der Waals surface area contributed by atoms with Crippen LogP contribution in [0.1, 0.15) is 33.6 Å². The first kappa shape index (κ1) is 8.53. The maximum atomic E-state index is 10.7. The first-order chi connectivity index (χ1) is 5.02. The van der Waals surface area contributed by atoms with Crippen LogP contribution in [0.2, 0.25) is 0 Å². The molecule has 0 aromatic carbocycles. The molecule has 3 nitrogen and oxygen atoms in total. The number of hydrogen-bond acceptors (Lipinski definition) is 3. The third-order valence-corrected chi connectivity index (χ3v) is 1.60. The lowest BCUT2D eigenvalue weighted by molar-refractivity contribution is -0.216. The lowest BCUT2D eigenvalue weighted by atomic mass is 10.2. The zero-order valence-corrected chi connectivity index (χ0v) is 7.22. The molecule has 0 bridgehead atoms. The van der Waals surface area contributed by atoms with Crippen LogP contribution in [0.4, 0.5) is 0 Å². The van der Waals surface area contributed by atoms with Crippen LogP contribution in [0.3, 0.4) is 0 Å². The Bertz CT molecular complexity index is 165. The first-order valence-electron chi connectivity index (χ1n) is 3.91. The predicted molar refractivity (Wildman–Crippen MR) is 40.0 cm³/mol. The average molecular weight is 158 g/mol. The Labute approximate surface area is 66.7 Å². The highest BCUT2D eigenvalue weighted by molar-refractivity contribution is 5.71. The molecule has 0 aromatic heterocycles. The Morgan fingerprint density at radius 3 is 2.64 bits per heavy atom. The van der Waals surface area contributed by atoms with Crippen molar-refractivity contribution in [3.63, 3.8) is 0 Å². The normalized spacial score (nSPS) is 31.1. The third-order valence-electron chi connectivity index (χ3n) is 1.60. The molecular weight excluding hydrogens is 144 g/mol. The topological polar surface area (TPSA) is 35.5 Å². The molecule has 0 spiro atoms. The number of ether oxygens (including phenoxy) is 2. The lowest BCUT2D eigenvalue weighted by Gasteiger charge is -2.25. The molecule has 0 unspecified atom stereocenters. The summed E-state index contributed by atoms with van der Waals surface area (Å²) in [6.07, 6.45) is 1.25. The van der Waals surface area contributed by atoms with Gasteiger partial charge in [0.2, 0.25) is 5.79 Å². The molecular formula is C8H14O3. The number of esters is 1. The molecule has 0 N–H and O–H groups in total. The van der Waals surface area contributed by atoms with Gasteiger partial charge in [-0.25, -0.2) is 0 Å². The molecule has 1 rings (SSSR count). The van der Waals surface area contributed by atoms with E-state index < -0.39 is 5.79 Å². The number of carbonyl (C=O) groups excluding carboxylic acids is 1. The van der Waals surface area contributed by atoms with E-state index in [9.17, 15) is 4.79 Å². The molecule has 1 aliphatic heterocycles. The monoisotopic (exact) mass is 158 g/mol. The minimum absolute atomic E-state index is 0.103. The second-order valence-corrected chi connectivity index (χ2v) is 3.27. The molecule has 0 amide bonds. The zero-order chi connectivity index (χ0) is 8.48. The van der Waals surface area contributed by atoms with E-state index in [4.69, 9.17) is 9.47 Å². The molecule has 0 saturated carbocycles. The molecule has 1 saturated heterocycles. The van der Waals surface area contributed by atoms with Crippen molar-refractivity contribution in [1.82, 2.24) is 0 Å². The van der Waals surface area contributed by atoms with Gasteiger partial charge in [0, 0.05) is 13.3 Å². The average Bonchev–Trinajstić information content (AvgIpc) is 2.08. The fourth-order valence-corrected chi connectivity index (χ4v) is 1.25. The standard InChI is InChI=1S/C8H14O3/c1-6(2)10-8(3)5-4-7(9)11-8/h6H,4-5H2,1-3H3/t8-/m0/s1. The van der Waals surface area contributed by atoms with E-state index in [2.05, 4.69) is 0 Å². The van der Waals surface area contributed by atoms with Crippen molar-refractivity contribution in [2.24, 2.45) is 0 Å². The number of carbonyl (C=O) groups is 1. The summed E-state index contributed by atoms with van der Waals surface area (Å²) in [6, 6.07) is 0. The van der Waals surface area contributed by atoms with Gasteiger partial charge in [0.25, 0.3) is 0 Å². The van der Waals surface area contributed by atoms with Crippen LogP contribution >= 0.6 is 0 Å². The molecule has 11 heavy (non-hydrogen) atoms. The quantitative estimate of drug-likeness (QED) is 0.571. The minimum Gasteiger partial charge on any atom is -0.433 e. The highest BCUT2D eigenvalue weighted by atomic mass is 16.7. The molecule has 1 atom stereocenters. The SMILES string of the molecule is CC(C)O[C@]1(C)CCC(=O)O1. The van der Waals surface area contributed by atoms with Crippen LogP contribution in [0.25, 0.3) is 0 Å². The Morgan fingerprint density at radius 2 is 2.27 bits per heavy atom. The van der Waals surface area contributed by atoms with Gasteiger partial charge in [0.05, 0.1) is 12.5 Å². The van der Waals surface area contributed by atoms with E-state index >= 15 is 0 Å². The summed E-state index contributed by atoms with van der Waals surface area (Å²) >= 11 is 0. The van der Waals surface area contributed by atoms with Gasteiger partial charge in [-0.3, -0.25) is 4.79 Å². The van der Waals surface area contributed by atoms with Gasteiger partial charge < -0.3 is 9.47 Å².